The Morgan fingerprint density at radius 3 is 2.50 bits per heavy atom. The van der Waals surface area contributed by atoms with E-state index in [1.54, 1.807) is 12.3 Å². The van der Waals surface area contributed by atoms with Gasteiger partial charge in [-0.05, 0) is 75.7 Å². The predicted octanol–water partition coefficient (Wildman–Crippen LogP) is 3.73. The standard InChI is InChI=1S/C28H43N5O5/c1-7-22(34)31-28-12-18-10-19(13-28)23(20(11-18)14-28)30-24(35)21-15-29-33(25(21)38-16-17(2)3)9-8-27(4,5)32-26(36)37-6/h8-9,15,17-20,23H,7,10-14,16H2,1-6H3,(H,30,35)(H,31,34)(H,32,36). The number of rotatable bonds is 10. The first kappa shape index (κ1) is 28.0. The van der Waals surface area contributed by atoms with Crippen molar-refractivity contribution in [3.8, 4) is 5.88 Å². The van der Waals surface area contributed by atoms with E-state index >= 15 is 0 Å². The second-order valence-corrected chi connectivity index (χ2v) is 12.3. The van der Waals surface area contributed by atoms with Gasteiger partial charge in [-0.15, -0.1) is 0 Å². The van der Waals surface area contributed by atoms with Gasteiger partial charge in [-0.2, -0.15) is 5.10 Å². The van der Waals surface area contributed by atoms with Crippen LogP contribution in [0.2, 0.25) is 0 Å². The number of aromatic nitrogens is 2. The number of carbonyl (C=O) groups is 3. The molecule has 10 nitrogen and oxygen atoms in total. The molecule has 210 valence electrons. The Kier molecular flexibility index (Phi) is 8.09. The Labute approximate surface area is 225 Å². The number of nitrogens with one attached hydrogen (secondary N) is 3. The van der Waals surface area contributed by atoms with E-state index in [9.17, 15) is 14.4 Å². The number of nitrogens with zero attached hydrogens (tertiary/aromatic N) is 2. The minimum atomic E-state index is -0.708. The van der Waals surface area contributed by atoms with Crippen molar-refractivity contribution in [2.24, 2.45) is 23.7 Å². The molecule has 0 spiro atoms. The van der Waals surface area contributed by atoms with E-state index in [0.717, 1.165) is 32.1 Å². The maximum absolute atomic E-state index is 13.6. The number of methoxy groups -OCH3 is 1. The minimum Gasteiger partial charge on any atom is -0.477 e. The van der Waals surface area contributed by atoms with E-state index in [4.69, 9.17) is 9.47 Å². The fraction of sp³-hybridized carbons (Fsp3) is 0.714. The number of amides is 3. The minimum absolute atomic E-state index is 0.0748. The first-order chi connectivity index (χ1) is 17.9. The molecule has 5 rings (SSSR count). The van der Waals surface area contributed by atoms with Gasteiger partial charge in [0.2, 0.25) is 11.8 Å². The number of ether oxygens (including phenoxy) is 2. The highest BCUT2D eigenvalue weighted by atomic mass is 16.5. The summed E-state index contributed by atoms with van der Waals surface area (Å²) in [4.78, 5) is 37.5. The van der Waals surface area contributed by atoms with Gasteiger partial charge >= 0.3 is 6.09 Å². The van der Waals surface area contributed by atoms with Crippen LogP contribution in [0, 0.1) is 23.7 Å². The highest BCUT2D eigenvalue weighted by molar-refractivity contribution is 5.96. The maximum atomic E-state index is 13.6. The topological polar surface area (TPSA) is 124 Å². The summed E-state index contributed by atoms with van der Waals surface area (Å²) in [6.45, 7) is 10.1. The summed E-state index contributed by atoms with van der Waals surface area (Å²) in [7, 11) is 1.32. The van der Waals surface area contributed by atoms with E-state index < -0.39 is 11.6 Å². The molecule has 2 unspecified atom stereocenters. The summed E-state index contributed by atoms with van der Waals surface area (Å²) >= 11 is 0. The van der Waals surface area contributed by atoms with Crippen LogP contribution in [0.1, 0.15) is 83.5 Å². The lowest BCUT2D eigenvalue weighted by molar-refractivity contribution is -0.127. The molecule has 4 fully saturated rings. The molecule has 1 heterocycles. The predicted molar refractivity (Wildman–Crippen MR) is 143 cm³/mol. The van der Waals surface area contributed by atoms with Gasteiger partial charge in [0.05, 0.1) is 25.5 Å². The third-order valence-electron chi connectivity index (χ3n) is 8.09. The zero-order valence-corrected chi connectivity index (χ0v) is 23.5. The van der Waals surface area contributed by atoms with Crippen molar-refractivity contribution in [1.29, 1.82) is 0 Å². The fourth-order valence-corrected chi connectivity index (χ4v) is 6.64. The molecule has 2 atom stereocenters. The highest BCUT2D eigenvalue weighted by Crippen LogP contribution is 2.55. The molecular formula is C28H43N5O5. The molecule has 38 heavy (non-hydrogen) atoms. The van der Waals surface area contributed by atoms with Crippen LogP contribution in [0.3, 0.4) is 0 Å². The van der Waals surface area contributed by atoms with E-state index in [1.165, 1.54) is 18.0 Å². The van der Waals surface area contributed by atoms with Crippen molar-refractivity contribution in [3.63, 3.8) is 0 Å². The number of hydrogen-bond acceptors (Lipinski definition) is 6. The van der Waals surface area contributed by atoms with Gasteiger partial charge in [-0.3, -0.25) is 9.59 Å². The molecule has 0 aromatic carbocycles. The smallest absolute Gasteiger partial charge is 0.407 e. The van der Waals surface area contributed by atoms with Crippen LogP contribution in [-0.2, 0) is 9.53 Å². The zero-order chi connectivity index (χ0) is 27.7. The zero-order valence-electron chi connectivity index (χ0n) is 23.5. The quantitative estimate of drug-likeness (QED) is 0.424. The molecule has 4 saturated carbocycles. The molecule has 3 N–H and O–H groups in total. The van der Waals surface area contributed by atoms with E-state index in [-0.39, 0.29) is 29.3 Å². The summed E-state index contributed by atoms with van der Waals surface area (Å²) in [6.07, 6.45) is 10.0. The van der Waals surface area contributed by atoms with Gasteiger partial charge in [-0.25, -0.2) is 9.48 Å². The molecule has 4 bridgehead atoms. The average Bonchev–Trinajstić information content (AvgIpc) is 3.25. The second-order valence-electron chi connectivity index (χ2n) is 12.3. The van der Waals surface area contributed by atoms with Crippen LogP contribution in [0.25, 0.3) is 6.20 Å². The lowest BCUT2D eigenvalue weighted by Crippen LogP contribution is -2.66. The van der Waals surface area contributed by atoms with Gasteiger partial charge in [-0.1, -0.05) is 20.8 Å². The summed E-state index contributed by atoms with van der Waals surface area (Å²) < 4.78 is 12.3. The third-order valence-corrected chi connectivity index (χ3v) is 8.09. The molecule has 4 aliphatic carbocycles. The monoisotopic (exact) mass is 529 g/mol. The van der Waals surface area contributed by atoms with Gasteiger partial charge in [0.25, 0.3) is 5.91 Å². The van der Waals surface area contributed by atoms with E-state index in [0.29, 0.717) is 42.2 Å². The lowest BCUT2D eigenvalue weighted by Gasteiger charge is -2.60. The van der Waals surface area contributed by atoms with Crippen LogP contribution >= 0.6 is 0 Å². The Hall–Kier alpha value is -3.04. The van der Waals surface area contributed by atoms with Gasteiger partial charge in [0.15, 0.2) is 0 Å². The van der Waals surface area contributed by atoms with Gasteiger partial charge < -0.3 is 25.4 Å². The van der Waals surface area contributed by atoms with Crippen LogP contribution < -0.4 is 20.7 Å². The summed E-state index contributed by atoms with van der Waals surface area (Å²) in [6, 6.07) is 0.0748. The maximum Gasteiger partial charge on any atom is 0.407 e. The average molecular weight is 530 g/mol. The number of alkyl carbamates (subject to hydrolysis) is 1. The van der Waals surface area contributed by atoms with Crippen LogP contribution in [0.15, 0.2) is 12.3 Å². The Bertz CT molecular complexity index is 1060. The van der Waals surface area contributed by atoms with Crippen LogP contribution in [0.5, 0.6) is 5.88 Å². The Morgan fingerprint density at radius 1 is 1.21 bits per heavy atom. The third kappa shape index (κ3) is 6.15. The van der Waals surface area contributed by atoms with Crippen molar-refractivity contribution in [2.75, 3.05) is 13.7 Å². The Morgan fingerprint density at radius 2 is 1.89 bits per heavy atom. The number of carbonyl (C=O) groups excluding carboxylic acids is 3. The largest absolute Gasteiger partial charge is 0.477 e. The van der Waals surface area contributed by atoms with E-state index in [1.807, 2.05) is 34.6 Å². The molecule has 0 aliphatic heterocycles. The molecule has 0 radical (unpaired) electrons. The van der Waals surface area contributed by atoms with Crippen molar-refractivity contribution in [1.82, 2.24) is 25.7 Å². The van der Waals surface area contributed by atoms with E-state index in [2.05, 4.69) is 21.0 Å². The summed E-state index contributed by atoms with van der Waals surface area (Å²) in [5.74, 6) is 1.86. The van der Waals surface area contributed by atoms with Gasteiger partial charge in [0.1, 0.15) is 5.56 Å². The number of hydrogen-bond donors (Lipinski definition) is 3. The lowest BCUT2D eigenvalue weighted by atomic mass is 9.51. The van der Waals surface area contributed by atoms with Crippen molar-refractivity contribution < 1.29 is 23.9 Å². The molecule has 10 heteroatoms. The van der Waals surface area contributed by atoms with Gasteiger partial charge in [0, 0.05) is 24.2 Å². The first-order valence-corrected chi connectivity index (χ1v) is 13.8. The molecule has 1 aromatic heterocycles. The first-order valence-electron chi connectivity index (χ1n) is 13.8. The van der Waals surface area contributed by atoms with Crippen LogP contribution in [0.4, 0.5) is 4.79 Å². The molecule has 1 aromatic rings. The molecule has 0 saturated heterocycles. The van der Waals surface area contributed by atoms with Crippen molar-refractivity contribution in [2.45, 2.75) is 90.3 Å². The molecule has 3 amide bonds. The molecule has 4 aliphatic rings. The molecular weight excluding hydrogens is 486 g/mol. The highest BCUT2D eigenvalue weighted by Gasteiger charge is 2.56. The summed E-state index contributed by atoms with van der Waals surface area (Å²) in [5.41, 5.74) is -0.436. The van der Waals surface area contributed by atoms with Crippen molar-refractivity contribution >= 4 is 24.1 Å². The second kappa shape index (κ2) is 11.0. The normalized spacial score (nSPS) is 28.0. The summed E-state index contributed by atoms with van der Waals surface area (Å²) in [5, 5.41) is 13.8. The van der Waals surface area contributed by atoms with Crippen LogP contribution in [-0.4, -0.2) is 58.5 Å². The SMILES string of the molecule is CCC(=O)NC12CC3CC(C1)C(NC(=O)c1cnn(C=CC(C)(C)NC(=O)OC)c1OCC(C)C)C(C3)C2. The van der Waals surface area contributed by atoms with Crippen molar-refractivity contribution in [3.05, 3.63) is 17.8 Å². The Balaban J connectivity index is 1.51. The fourth-order valence-electron chi connectivity index (χ4n) is 6.64.